The van der Waals surface area contributed by atoms with Crippen LogP contribution in [0.15, 0.2) is 12.1 Å². The molecular weight excluding hydrogens is 272 g/mol. The number of hydrogen-bond acceptors (Lipinski definition) is 2. The van der Waals surface area contributed by atoms with E-state index in [2.05, 4.69) is 0 Å². The summed E-state index contributed by atoms with van der Waals surface area (Å²) >= 11 is 0. The number of nitrogens with two attached hydrogens (primary N) is 1. The van der Waals surface area contributed by atoms with Gasteiger partial charge in [0, 0.05) is 5.56 Å². The first-order chi connectivity index (χ1) is 8.52. The van der Waals surface area contributed by atoms with Crippen molar-refractivity contribution in [1.29, 1.82) is 0 Å². The van der Waals surface area contributed by atoms with Gasteiger partial charge in [-0.3, -0.25) is 0 Å². The highest BCUT2D eigenvalue weighted by molar-refractivity contribution is 5.85. The topological polar surface area (TPSA) is 46.2 Å². The van der Waals surface area contributed by atoms with Gasteiger partial charge in [-0.2, -0.15) is 0 Å². The lowest BCUT2D eigenvalue weighted by atomic mass is 9.89. The minimum Gasteiger partial charge on any atom is -0.391 e. The number of aliphatic hydroxyl groups is 1. The van der Waals surface area contributed by atoms with Gasteiger partial charge in [-0.1, -0.05) is 18.9 Å². The van der Waals surface area contributed by atoms with Gasteiger partial charge in [0.2, 0.25) is 0 Å². The predicted molar refractivity (Wildman–Crippen MR) is 73.2 cm³/mol. The van der Waals surface area contributed by atoms with E-state index in [1.54, 1.807) is 6.92 Å². The maximum absolute atomic E-state index is 13.9. The third kappa shape index (κ3) is 3.25. The summed E-state index contributed by atoms with van der Waals surface area (Å²) in [5.41, 5.74) is 6.02. The van der Waals surface area contributed by atoms with Crippen LogP contribution in [0.3, 0.4) is 0 Å². The Hall–Kier alpha value is -0.710. The Balaban J connectivity index is 0.00000180. The van der Waals surface area contributed by atoms with Gasteiger partial charge in [0.1, 0.15) is 11.6 Å². The highest BCUT2D eigenvalue weighted by Gasteiger charge is 2.32. The maximum atomic E-state index is 13.9. The number of aliphatic hydroxyl groups excluding tert-OH is 1. The van der Waals surface area contributed by atoms with Crippen LogP contribution in [0.4, 0.5) is 8.78 Å². The minimum absolute atomic E-state index is 0. The monoisotopic (exact) mass is 291 g/mol. The van der Waals surface area contributed by atoms with E-state index >= 15 is 0 Å². The molecule has 0 unspecified atom stereocenters. The molecule has 19 heavy (non-hydrogen) atoms. The summed E-state index contributed by atoms with van der Waals surface area (Å²) in [6, 6.07) is 1.59. The average Bonchev–Trinajstić information content (AvgIpc) is 2.87. The normalized spacial score (nSPS) is 19.0. The number of aryl methyl sites for hydroxylation is 1. The van der Waals surface area contributed by atoms with Crippen molar-refractivity contribution in [3.63, 3.8) is 0 Å². The molecule has 1 aliphatic rings. The molecule has 0 bridgehead atoms. The van der Waals surface area contributed by atoms with Gasteiger partial charge in [0.25, 0.3) is 0 Å². The van der Waals surface area contributed by atoms with Crippen molar-refractivity contribution in [3.8, 4) is 0 Å². The van der Waals surface area contributed by atoms with Crippen LogP contribution >= 0.6 is 12.4 Å². The van der Waals surface area contributed by atoms with Crippen LogP contribution in [0.2, 0.25) is 0 Å². The van der Waals surface area contributed by atoms with E-state index in [9.17, 15) is 13.9 Å². The molecule has 0 aliphatic heterocycles. The SMILES string of the molecule is Cc1ccc(F)c([C@@H](N)[C@@H](O)C2CCCC2)c1F.Cl. The first-order valence-corrected chi connectivity index (χ1v) is 6.40. The van der Waals surface area contributed by atoms with E-state index in [0.29, 0.717) is 5.56 Å². The van der Waals surface area contributed by atoms with Crippen LogP contribution in [0, 0.1) is 24.5 Å². The van der Waals surface area contributed by atoms with E-state index < -0.39 is 23.8 Å². The fourth-order valence-corrected chi connectivity index (χ4v) is 2.75. The molecular formula is C14H20ClF2NO. The van der Waals surface area contributed by atoms with Gasteiger partial charge in [-0.05, 0) is 37.3 Å². The summed E-state index contributed by atoms with van der Waals surface area (Å²) in [7, 11) is 0. The third-order valence-electron chi connectivity index (χ3n) is 3.90. The van der Waals surface area contributed by atoms with Gasteiger partial charge >= 0.3 is 0 Å². The first kappa shape index (κ1) is 16.3. The van der Waals surface area contributed by atoms with Gasteiger partial charge in [0.05, 0.1) is 12.1 Å². The van der Waals surface area contributed by atoms with Crippen LogP contribution in [-0.4, -0.2) is 11.2 Å². The third-order valence-corrected chi connectivity index (χ3v) is 3.90. The first-order valence-electron chi connectivity index (χ1n) is 6.40. The molecule has 5 heteroatoms. The lowest BCUT2D eigenvalue weighted by Crippen LogP contribution is -2.33. The number of hydrogen-bond donors (Lipinski definition) is 2. The van der Waals surface area contributed by atoms with Crippen molar-refractivity contribution in [2.45, 2.75) is 44.8 Å². The largest absolute Gasteiger partial charge is 0.391 e. The number of rotatable bonds is 3. The van der Waals surface area contributed by atoms with Crippen molar-refractivity contribution in [1.82, 2.24) is 0 Å². The molecule has 108 valence electrons. The Morgan fingerprint density at radius 3 is 2.42 bits per heavy atom. The smallest absolute Gasteiger partial charge is 0.133 e. The fraction of sp³-hybridized carbons (Fsp3) is 0.571. The zero-order valence-electron chi connectivity index (χ0n) is 10.9. The highest BCUT2D eigenvalue weighted by Crippen LogP contribution is 2.34. The summed E-state index contributed by atoms with van der Waals surface area (Å²) in [5, 5.41) is 10.2. The molecule has 2 atom stereocenters. The van der Waals surface area contributed by atoms with Crippen LogP contribution in [0.1, 0.15) is 42.9 Å². The van der Waals surface area contributed by atoms with Crippen LogP contribution < -0.4 is 5.73 Å². The molecule has 0 amide bonds. The van der Waals surface area contributed by atoms with E-state index in [1.807, 2.05) is 0 Å². The Kier molecular flexibility index (Phi) is 5.71. The summed E-state index contributed by atoms with van der Waals surface area (Å²) < 4.78 is 27.6. The molecule has 2 rings (SSSR count). The van der Waals surface area contributed by atoms with Crippen molar-refractivity contribution < 1.29 is 13.9 Å². The number of benzene rings is 1. The lowest BCUT2D eigenvalue weighted by Gasteiger charge is -2.25. The molecule has 0 aromatic heterocycles. The Labute approximate surface area is 118 Å². The molecule has 0 saturated heterocycles. The molecule has 0 radical (unpaired) electrons. The number of halogens is 3. The zero-order valence-corrected chi connectivity index (χ0v) is 11.7. The second kappa shape index (κ2) is 6.64. The molecule has 0 heterocycles. The minimum atomic E-state index is -0.993. The van der Waals surface area contributed by atoms with E-state index in [1.165, 1.54) is 12.1 Å². The Bertz CT molecular complexity index is 436. The van der Waals surface area contributed by atoms with Crippen LogP contribution in [-0.2, 0) is 0 Å². The van der Waals surface area contributed by atoms with Crippen molar-refractivity contribution in [2.24, 2.45) is 11.7 Å². The van der Waals surface area contributed by atoms with Crippen LogP contribution in [0.5, 0.6) is 0 Å². The maximum Gasteiger partial charge on any atom is 0.133 e. The van der Waals surface area contributed by atoms with Gasteiger partial charge < -0.3 is 10.8 Å². The van der Waals surface area contributed by atoms with E-state index in [0.717, 1.165) is 25.7 Å². The standard InChI is InChI=1S/C14H19F2NO.ClH/c1-8-6-7-10(15)11(12(8)16)13(17)14(18)9-4-2-3-5-9;/h6-7,9,13-14,18H,2-5,17H2,1H3;1H/t13-,14+;/m1./s1. The lowest BCUT2D eigenvalue weighted by molar-refractivity contribution is 0.0819. The molecule has 2 nitrogen and oxygen atoms in total. The predicted octanol–water partition coefficient (Wildman–Crippen LogP) is 3.25. The van der Waals surface area contributed by atoms with Crippen LogP contribution in [0.25, 0.3) is 0 Å². The van der Waals surface area contributed by atoms with E-state index in [4.69, 9.17) is 5.73 Å². The summed E-state index contributed by atoms with van der Waals surface area (Å²) in [4.78, 5) is 0. The molecule has 1 fully saturated rings. The molecule has 0 spiro atoms. The quantitative estimate of drug-likeness (QED) is 0.898. The second-order valence-electron chi connectivity index (χ2n) is 5.15. The zero-order chi connectivity index (χ0) is 13.3. The summed E-state index contributed by atoms with van der Waals surface area (Å²) in [5.74, 6) is -1.26. The molecule has 3 N–H and O–H groups in total. The summed E-state index contributed by atoms with van der Waals surface area (Å²) in [6.45, 7) is 1.56. The average molecular weight is 292 g/mol. The molecule has 1 saturated carbocycles. The van der Waals surface area contributed by atoms with Crippen molar-refractivity contribution >= 4 is 12.4 Å². The Morgan fingerprint density at radius 1 is 1.26 bits per heavy atom. The fourth-order valence-electron chi connectivity index (χ4n) is 2.75. The van der Waals surface area contributed by atoms with Gasteiger partial charge in [-0.15, -0.1) is 12.4 Å². The Morgan fingerprint density at radius 2 is 1.84 bits per heavy atom. The van der Waals surface area contributed by atoms with Crippen molar-refractivity contribution in [2.75, 3.05) is 0 Å². The van der Waals surface area contributed by atoms with Gasteiger partial charge in [0.15, 0.2) is 0 Å². The summed E-state index contributed by atoms with van der Waals surface area (Å²) in [6.07, 6.45) is 2.98. The second-order valence-corrected chi connectivity index (χ2v) is 5.15. The van der Waals surface area contributed by atoms with Gasteiger partial charge in [-0.25, -0.2) is 8.78 Å². The molecule has 1 aromatic rings. The van der Waals surface area contributed by atoms with Crippen molar-refractivity contribution in [3.05, 3.63) is 34.9 Å². The molecule has 1 aliphatic carbocycles. The highest BCUT2D eigenvalue weighted by atomic mass is 35.5. The molecule has 1 aromatic carbocycles. The van der Waals surface area contributed by atoms with E-state index in [-0.39, 0.29) is 23.9 Å².